The molecule has 1 aromatic carbocycles. The monoisotopic (exact) mass is 373 g/mol. The Balaban J connectivity index is 1.60. The van der Waals surface area contributed by atoms with Gasteiger partial charge in [-0.3, -0.25) is 9.98 Å². The molecular weight excluding hydrogens is 358 g/mol. The summed E-state index contributed by atoms with van der Waals surface area (Å²) in [4.78, 5) is 20.4. The zero-order chi connectivity index (χ0) is 18.2. The van der Waals surface area contributed by atoms with E-state index in [4.69, 9.17) is 0 Å². The van der Waals surface area contributed by atoms with Crippen LogP contribution >= 0.6 is 0 Å². The summed E-state index contributed by atoms with van der Waals surface area (Å²) >= 11 is 0. The maximum Gasteiger partial charge on any atom is 0.225 e. The van der Waals surface area contributed by atoms with Crippen molar-refractivity contribution in [2.45, 2.75) is 10.1 Å². The Morgan fingerprint density at radius 2 is 1.85 bits per heavy atom. The Morgan fingerprint density at radius 3 is 2.67 bits per heavy atom. The van der Waals surface area contributed by atoms with E-state index < -0.39 is 10.8 Å². The van der Waals surface area contributed by atoms with E-state index in [1.54, 1.807) is 30.7 Å². The molecule has 132 valence electrons. The Morgan fingerprint density at radius 1 is 1.04 bits per heavy atom. The quantitative estimate of drug-likeness (QED) is 0.660. The maximum absolute atomic E-state index is 12.8. The normalized spacial score (nSPS) is 16.2. The van der Waals surface area contributed by atoms with E-state index in [9.17, 15) is 4.21 Å². The Bertz CT molecular complexity index is 1100. The first-order valence-electron chi connectivity index (χ1n) is 8.59. The van der Waals surface area contributed by atoms with Gasteiger partial charge in [-0.15, -0.1) is 0 Å². The standard InChI is InChI=1S/C20H15N5OS/c26-27(16-6-8-21-9-7-16)20-23-13-15-12-17(14-4-2-1-3-5-14)19-22-10-11-25(19)18(15)24-20/h1-9,12-13H,10-11H2. The van der Waals surface area contributed by atoms with Gasteiger partial charge in [-0.2, -0.15) is 0 Å². The van der Waals surface area contributed by atoms with Gasteiger partial charge in [-0.1, -0.05) is 30.3 Å². The van der Waals surface area contributed by atoms with Crippen LogP contribution in [0, 0.1) is 0 Å². The number of aromatic nitrogens is 3. The Hall–Kier alpha value is -3.19. The van der Waals surface area contributed by atoms with E-state index in [0.29, 0.717) is 16.6 Å². The SMILES string of the molecule is O=S(c1ccncc1)c1ncc2c(n1)N1CCN=C1C(c1ccccc1)=C2. The average Bonchev–Trinajstić information content (AvgIpc) is 3.24. The second kappa shape index (κ2) is 6.51. The Kier molecular flexibility index (Phi) is 3.86. The van der Waals surface area contributed by atoms with Crippen molar-refractivity contribution in [2.24, 2.45) is 4.99 Å². The lowest BCUT2D eigenvalue weighted by molar-refractivity contribution is 0.675. The van der Waals surface area contributed by atoms with Crippen molar-refractivity contribution in [1.82, 2.24) is 15.0 Å². The number of aliphatic imine (C=N–C) groups is 1. The molecule has 4 heterocycles. The van der Waals surface area contributed by atoms with Crippen LogP contribution < -0.4 is 4.90 Å². The molecule has 0 saturated carbocycles. The molecular formula is C20H15N5OS. The fourth-order valence-electron chi connectivity index (χ4n) is 3.28. The molecule has 7 heteroatoms. The predicted octanol–water partition coefficient (Wildman–Crippen LogP) is 2.81. The van der Waals surface area contributed by atoms with Crippen LogP contribution in [0.25, 0.3) is 11.6 Å². The van der Waals surface area contributed by atoms with Crippen LogP contribution in [-0.4, -0.2) is 38.1 Å². The number of amidine groups is 1. The molecule has 27 heavy (non-hydrogen) atoms. The van der Waals surface area contributed by atoms with E-state index in [1.807, 2.05) is 18.2 Å². The maximum atomic E-state index is 12.8. The number of hydrogen-bond acceptors (Lipinski definition) is 6. The van der Waals surface area contributed by atoms with Crippen molar-refractivity contribution in [3.63, 3.8) is 0 Å². The first kappa shape index (κ1) is 16.0. The number of anilines is 1. The van der Waals surface area contributed by atoms with Crippen molar-refractivity contribution >= 4 is 34.1 Å². The van der Waals surface area contributed by atoms with Gasteiger partial charge in [0.15, 0.2) is 0 Å². The van der Waals surface area contributed by atoms with Crippen molar-refractivity contribution < 1.29 is 4.21 Å². The molecule has 1 unspecified atom stereocenters. The highest BCUT2D eigenvalue weighted by Crippen LogP contribution is 2.35. The lowest BCUT2D eigenvalue weighted by atomic mass is 9.99. The van der Waals surface area contributed by atoms with Gasteiger partial charge in [0.05, 0.1) is 11.4 Å². The minimum atomic E-state index is -1.45. The molecule has 6 nitrogen and oxygen atoms in total. The van der Waals surface area contributed by atoms with E-state index in [1.165, 1.54) is 0 Å². The lowest BCUT2D eigenvalue weighted by Gasteiger charge is -2.27. The van der Waals surface area contributed by atoms with Gasteiger partial charge in [0, 0.05) is 36.3 Å². The third kappa shape index (κ3) is 2.76. The van der Waals surface area contributed by atoms with Crippen LogP contribution in [0.1, 0.15) is 11.1 Å². The highest BCUT2D eigenvalue weighted by molar-refractivity contribution is 7.84. The first-order chi connectivity index (χ1) is 13.3. The predicted molar refractivity (Wildman–Crippen MR) is 105 cm³/mol. The number of rotatable bonds is 3. The first-order valence-corrected chi connectivity index (χ1v) is 9.74. The van der Waals surface area contributed by atoms with Gasteiger partial charge in [0.2, 0.25) is 5.16 Å². The number of benzene rings is 1. The molecule has 5 rings (SSSR count). The molecule has 0 saturated heterocycles. The molecule has 3 aromatic rings. The molecule has 2 aliphatic heterocycles. The fourth-order valence-corrected chi connectivity index (χ4v) is 4.17. The van der Waals surface area contributed by atoms with Crippen molar-refractivity contribution in [3.05, 3.63) is 72.2 Å². The summed E-state index contributed by atoms with van der Waals surface area (Å²) in [5.74, 6) is 1.67. The van der Waals surface area contributed by atoms with Crippen LogP contribution in [0.2, 0.25) is 0 Å². The third-order valence-corrected chi connectivity index (χ3v) is 5.75. The molecule has 0 bridgehead atoms. The highest BCUT2D eigenvalue weighted by atomic mass is 32.2. The number of pyridine rings is 1. The van der Waals surface area contributed by atoms with Crippen molar-refractivity contribution in [2.75, 3.05) is 18.0 Å². The summed E-state index contributed by atoms with van der Waals surface area (Å²) in [7, 11) is -1.45. The second-order valence-electron chi connectivity index (χ2n) is 6.16. The van der Waals surface area contributed by atoms with Crippen LogP contribution in [-0.2, 0) is 10.8 Å². The molecule has 1 atom stereocenters. The van der Waals surface area contributed by atoms with Gasteiger partial charge in [0.1, 0.15) is 22.5 Å². The van der Waals surface area contributed by atoms with Gasteiger partial charge < -0.3 is 4.90 Å². The summed E-state index contributed by atoms with van der Waals surface area (Å²) in [5.41, 5.74) is 3.08. The fraction of sp³-hybridized carbons (Fsp3) is 0.100. The summed E-state index contributed by atoms with van der Waals surface area (Å²) in [6.07, 6.45) is 7.04. The minimum Gasteiger partial charge on any atom is -0.308 e. The van der Waals surface area contributed by atoms with Gasteiger partial charge in [-0.25, -0.2) is 14.2 Å². The number of nitrogens with zero attached hydrogens (tertiary/aromatic N) is 5. The lowest BCUT2D eigenvalue weighted by Crippen LogP contribution is -2.32. The smallest absolute Gasteiger partial charge is 0.225 e. The van der Waals surface area contributed by atoms with E-state index in [-0.39, 0.29) is 0 Å². The molecule has 0 aliphatic carbocycles. The van der Waals surface area contributed by atoms with Crippen molar-refractivity contribution in [1.29, 1.82) is 0 Å². The Labute approximate surface area is 158 Å². The summed E-state index contributed by atoms with van der Waals surface area (Å²) < 4.78 is 12.8. The topological polar surface area (TPSA) is 71.3 Å². The number of fused-ring (bicyclic) bond motifs is 3. The largest absolute Gasteiger partial charge is 0.308 e. The zero-order valence-electron chi connectivity index (χ0n) is 14.3. The van der Waals surface area contributed by atoms with Crippen LogP contribution in [0.5, 0.6) is 0 Å². The van der Waals surface area contributed by atoms with E-state index in [0.717, 1.165) is 34.9 Å². The minimum absolute atomic E-state index is 0.294. The van der Waals surface area contributed by atoms with Crippen molar-refractivity contribution in [3.8, 4) is 0 Å². The van der Waals surface area contributed by atoms with Crippen LogP contribution in [0.3, 0.4) is 0 Å². The van der Waals surface area contributed by atoms with Gasteiger partial charge in [-0.05, 0) is 23.8 Å². The van der Waals surface area contributed by atoms with Gasteiger partial charge in [0.25, 0.3) is 0 Å². The molecule has 0 fully saturated rings. The molecule has 2 aromatic heterocycles. The summed E-state index contributed by atoms with van der Waals surface area (Å²) in [5, 5.41) is 0.294. The second-order valence-corrected chi connectivity index (χ2v) is 7.54. The highest BCUT2D eigenvalue weighted by Gasteiger charge is 2.30. The molecule has 0 N–H and O–H groups in total. The third-order valence-electron chi connectivity index (χ3n) is 4.53. The van der Waals surface area contributed by atoms with E-state index >= 15 is 0 Å². The molecule has 0 spiro atoms. The van der Waals surface area contributed by atoms with Crippen LogP contribution in [0.15, 0.2) is 76.1 Å². The zero-order valence-corrected chi connectivity index (χ0v) is 15.1. The summed E-state index contributed by atoms with van der Waals surface area (Å²) in [6, 6.07) is 13.6. The number of hydrogen-bond donors (Lipinski definition) is 0. The van der Waals surface area contributed by atoms with Gasteiger partial charge >= 0.3 is 0 Å². The molecule has 0 radical (unpaired) electrons. The summed E-state index contributed by atoms with van der Waals surface area (Å²) in [6.45, 7) is 1.47. The van der Waals surface area contributed by atoms with Crippen LogP contribution in [0.4, 0.5) is 5.82 Å². The van der Waals surface area contributed by atoms with E-state index in [2.05, 4.69) is 43.1 Å². The average molecular weight is 373 g/mol. The molecule has 2 aliphatic rings. The molecule has 0 amide bonds.